The summed E-state index contributed by atoms with van der Waals surface area (Å²) >= 11 is 0. The zero-order valence-electron chi connectivity index (χ0n) is 10.8. The fourth-order valence-corrected chi connectivity index (χ4v) is 2.66. The maximum atomic E-state index is 4.31. The van der Waals surface area contributed by atoms with Gasteiger partial charge in [0, 0.05) is 13.1 Å². The molecule has 0 bridgehead atoms. The van der Waals surface area contributed by atoms with Gasteiger partial charge in [0.05, 0.1) is 0 Å². The van der Waals surface area contributed by atoms with Crippen LogP contribution in [0.2, 0.25) is 0 Å². The van der Waals surface area contributed by atoms with Crippen molar-refractivity contribution >= 4 is 17.0 Å². The fourth-order valence-electron chi connectivity index (χ4n) is 2.66. The number of nitrogens with zero attached hydrogens (tertiary/aromatic N) is 5. The van der Waals surface area contributed by atoms with Gasteiger partial charge in [0.15, 0.2) is 17.0 Å². The largest absolute Gasteiger partial charge is 0.365 e. The van der Waals surface area contributed by atoms with E-state index in [9.17, 15) is 0 Å². The Bertz CT molecular complexity index is 548. The minimum absolute atomic E-state index is 0.485. The number of rotatable bonds is 2. The minimum atomic E-state index is 0.485. The first-order chi connectivity index (χ1) is 8.75. The Kier molecular flexibility index (Phi) is 2.85. The van der Waals surface area contributed by atoms with E-state index in [0.29, 0.717) is 12.0 Å². The van der Waals surface area contributed by atoms with E-state index in [1.807, 2.05) is 7.05 Å². The highest BCUT2D eigenvalue weighted by Crippen LogP contribution is 2.27. The van der Waals surface area contributed by atoms with Crippen LogP contribution in [0.1, 0.15) is 32.6 Å². The summed E-state index contributed by atoms with van der Waals surface area (Å²) in [5.41, 5.74) is 1.54. The van der Waals surface area contributed by atoms with Crippen LogP contribution in [0.3, 0.4) is 0 Å². The molecular formula is C12H18N6. The Labute approximate surface area is 106 Å². The maximum absolute atomic E-state index is 4.31. The molecule has 18 heavy (non-hydrogen) atoms. The molecule has 2 atom stereocenters. The van der Waals surface area contributed by atoms with Crippen molar-refractivity contribution in [1.29, 1.82) is 0 Å². The third-order valence-corrected chi connectivity index (χ3v) is 3.82. The molecule has 0 amide bonds. The van der Waals surface area contributed by atoms with Crippen molar-refractivity contribution in [3.8, 4) is 0 Å². The fraction of sp³-hybridized carbons (Fsp3) is 0.667. The highest BCUT2D eigenvalue weighted by atomic mass is 15.4. The van der Waals surface area contributed by atoms with Gasteiger partial charge in [0.25, 0.3) is 0 Å². The zero-order valence-corrected chi connectivity index (χ0v) is 10.8. The molecule has 2 unspecified atom stereocenters. The monoisotopic (exact) mass is 246 g/mol. The Hall–Kier alpha value is -1.72. The number of fused-ring (bicyclic) bond motifs is 1. The van der Waals surface area contributed by atoms with Crippen molar-refractivity contribution in [3.63, 3.8) is 0 Å². The van der Waals surface area contributed by atoms with Gasteiger partial charge < -0.3 is 5.32 Å². The van der Waals surface area contributed by atoms with Crippen molar-refractivity contribution in [2.24, 2.45) is 13.0 Å². The second-order valence-corrected chi connectivity index (χ2v) is 5.12. The van der Waals surface area contributed by atoms with Crippen LogP contribution >= 0.6 is 0 Å². The summed E-state index contributed by atoms with van der Waals surface area (Å²) < 4.78 is 1.67. The van der Waals surface area contributed by atoms with E-state index in [0.717, 1.165) is 17.0 Å². The van der Waals surface area contributed by atoms with Crippen LogP contribution in [-0.4, -0.2) is 31.0 Å². The van der Waals surface area contributed by atoms with Crippen LogP contribution < -0.4 is 5.32 Å². The molecule has 1 aliphatic rings. The van der Waals surface area contributed by atoms with Gasteiger partial charge in [-0.1, -0.05) is 25.0 Å². The number of hydrogen-bond donors (Lipinski definition) is 1. The third-order valence-electron chi connectivity index (χ3n) is 3.82. The van der Waals surface area contributed by atoms with Crippen LogP contribution in [0.25, 0.3) is 11.2 Å². The van der Waals surface area contributed by atoms with Crippen LogP contribution in [0.5, 0.6) is 0 Å². The standard InChI is InChI=1S/C12H18N6/c1-8-5-3-4-6-9(8)15-11-10-12(14-7-13-11)18(2)17-16-10/h7-9H,3-6H2,1-2H3,(H,13,14,15). The van der Waals surface area contributed by atoms with E-state index in [4.69, 9.17) is 0 Å². The Morgan fingerprint density at radius 2 is 2.11 bits per heavy atom. The normalized spacial score (nSPS) is 24.3. The number of aromatic nitrogens is 5. The van der Waals surface area contributed by atoms with Gasteiger partial charge >= 0.3 is 0 Å². The van der Waals surface area contributed by atoms with Crippen LogP contribution in [0, 0.1) is 5.92 Å². The topological polar surface area (TPSA) is 68.5 Å². The molecule has 1 fully saturated rings. The summed E-state index contributed by atoms with van der Waals surface area (Å²) in [7, 11) is 1.84. The van der Waals surface area contributed by atoms with Crippen molar-refractivity contribution in [1.82, 2.24) is 25.0 Å². The van der Waals surface area contributed by atoms with Gasteiger partial charge in [0.1, 0.15) is 6.33 Å². The Morgan fingerprint density at radius 3 is 2.94 bits per heavy atom. The number of aryl methyl sites for hydroxylation is 1. The molecule has 1 aliphatic carbocycles. The van der Waals surface area contributed by atoms with Crippen molar-refractivity contribution in [3.05, 3.63) is 6.33 Å². The van der Waals surface area contributed by atoms with Crippen molar-refractivity contribution in [2.45, 2.75) is 38.6 Å². The lowest BCUT2D eigenvalue weighted by atomic mass is 9.86. The number of hydrogen-bond acceptors (Lipinski definition) is 5. The molecule has 0 aliphatic heterocycles. The molecule has 2 aromatic heterocycles. The summed E-state index contributed by atoms with van der Waals surface area (Å²) in [6.07, 6.45) is 6.68. The molecule has 2 heterocycles. The van der Waals surface area contributed by atoms with Gasteiger partial charge in [-0.15, -0.1) is 5.10 Å². The smallest absolute Gasteiger partial charge is 0.183 e. The summed E-state index contributed by atoms with van der Waals surface area (Å²) in [6, 6.07) is 0.485. The predicted octanol–water partition coefficient (Wildman–Crippen LogP) is 1.75. The molecule has 1 saturated carbocycles. The lowest BCUT2D eigenvalue weighted by Crippen LogP contribution is -2.30. The van der Waals surface area contributed by atoms with Crippen molar-refractivity contribution in [2.75, 3.05) is 5.32 Å². The predicted molar refractivity (Wildman–Crippen MR) is 69.1 cm³/mol. The molecule has 0 aromatic carbocycles. The van der Waals surface area contributed by atoms with E-state index in [1.54, 1.807) is 11.0 Å². The van der Waals surface area contributed by atoms with Crippen LogP contribution in [0.4, 0.5) is 5.82 Å². The second kappa shape index (κ2) is 4.51. The van der Waals surface area contributed by atoms with Gasteiger partial charge in [-0.25, -0.2) is 14.6 Å². The van der Waals surface area contributed by atoms with Gasteiger partial charge in [0.2, 0.25) is 0 Å². The minimum Gasteiger partial charge on any atom is -0.365 e. The molecule has 0 radical (unpaired) electrons. The van der Waals surface area contributed by atoms with E-state index < -0.39 is 0 Å². The molecule has 96 valence electrons. The SMILES string of the molecule is CC1CCCCC1Nc1ncnc2c1nnn2C. The third kappa shape index (κ3) is 1.91. The van der Waals surface area contributed by atoms with Crippen molar-refractivity contribution < 1.29 is 0 Å². The average Bonchev–Trinajstić information content (AvgIpc) is 2.76. The molecule has 0 saturated heterocycles. The lowest BCUT2D eigenvalue weighted by Gasteiger charge is -2.29. The van der Waals surface area contributed by atoms with Gasteiger partial charge in [-0.2, -0.15) is 0 Å². The first-order valence-corrected chi connectivity index (χ1v) is 6.52. The van der Waals surface area contributed by atoms with Crippen LogP contribution in [0.15, 0.2) is 6.33 Å². The summed E-state index contributed by atoms with van der Waals surface area (Å²) in [6.45, 7) is 2.30. The molecule has 3 rings (SSSR count). The molecule has 2 aromatic rings. The molecular weight excluding hydrogens is 228 g/mol. The highest BCUT2D eigenvalue weighted by molar-refractivity contribution is 5.81. The summed E-state index contributed by atoms with van der Waals surface area (Å²) in [5, 5.41) is 11.6. The lowest BCUT2D eigenvalue weighted by molar-refractivity contribution is 0.349. The summed E-state index contributed by atoms with van der Waals surface area (Å²) in [4.78, 5) is 8.51. The Balaban J connectivity index is 1.90. The van der Waals surface area contributed by atoms with E-state index in [-0.39, 0.29) is 0 Å². The first-order valence-electron chi connectivity index (χ1n) is 6.52. The van der Waals surface area contributed by atoms with E-state index in [1.165, 1.54) is 25.7 Å². The maximum Gasteiger partial charge on any atom is 0.183 e. The molecule has 0 spiro atoms. The summed E-state index contributed by atoms with van der Waals surface area (Å²) in [5.74, 6) is 1.49. The Morgan fingerprint density at radius 1 is 1.28 bits per heavy atom. The highest BCUT2D eigenvalue weighted by Gasteiger charge is 2.22. The van der Waals surface area contributed by atoms with E-state index in [2.05, 4.69) is 32.5 Å². The molecule has 6 nitrogen and oxygen atoms in total. The second-order valence-electron chi connectivity index (χ2n) is 5.12. The molecule has 6 heteroatoms. The quantitative estimate of drug-likeness (QED) is 0.874. The number of anilines is 1. The van der Waals surface area contributed by atoms with Gasteiger partial charge in [-0.05, 0) is 18.8 Å². The zero-order chi connectivity index (χ0) is 12.5. The first kappa shape index (κ1) is 11.4. The van der Waals surface area contributed by atoms with E-state index >= 15 is 0 Å². The van der Waals surface area contributed by atoms with Crippen LogP contribution in [-0.2, 0) is 7.05 Å². The number of nitrogens with one attached hydrogen (secondary N) is 1. The molecule has 1 N–H and O–H groups in total. The average molecular weight is 246 g/mol. The van der Waals surface area contributed by atoms with Gasteiger partial charge in [-0.3, -0.25) is 0 Å².